The first-order chi connectivity index (χ1) is 9.63. The van der Waals surface area contributed by atoms with Crippen molar-refractivity contribution in [1.29, 1.82) is 0 Å². The van der Waals surface area contributed by atoms with Gasteiger partial charge in [0.25, 0.3) is 0 Å². The molecule has 0 spiro atoms. The van der Waals surface area contributed by atoms with Crippen LogP contribution in [0.25, 0.3) is 10.9 Å². The molecule has 0 aliphatic carbocycles. The quantitative estimate of drug-likeness (QED) is 0.625. The lowest BCUT2D eigenvalue weighted by molar-refractivity contribution is 0.104. The van der Waals surface area contributed by atoms with Gasteiger partial charge in [0.15, 0.2) is 0 Å². The fourth-order valence-corrected chi connectivity index (χ4v) is 1.52. The van der Waals surface area contributed by atoms with Crippen molar-refractivity contribution in [1.82, 2.24) is 4.98 Å². The van der Waals surface area contributed by atoms with Gasteiger partial charge in [-0.25, -0.2) is 9.59 Å². The molecule has 0 aliphatic heterocycles. The van der Waals surface area contributed by atoms with Crippen molar-refractivity contribution in [3.05, 3.63) is 28.6 Å². The molecule has 7 heteroatoms. The summed E-state index contributed by atoms with van der Waals surface area (Å²) in [5.41, 5.74) is -0.228. The van der Waals surface area contributed by atoms with E-state index in [1.54, 1.807) is 13.8 Å². The summed E-state index contributed by atoms with van der Waals surface area (Å²) in [6.45, 7) is 3.96. The van der Waals surface area contributed by atoms with Gasteiger partial charge in [-0.15, -0.1) is 0 Å². The Labute approximate surface area is 114 Å². The topological polar surface area (TPSA) is 87.9 Å². The van der Waals surface area contributed by atoms with Crippen molar-refractivity contribution in [2.75, 3.05) is 13.2 Å². The zero-order valence-corrected chi connectivity index (χ0v) is 11.0. The van der Waals surface area contributed by atoms with Gasteiger partial charge in [0.1, 0.15) is 5.75 Å². The number of aromatic nitrogens is 1. The summed E-state index contributed by atoms with van der Waals surface area (Å²) in [7, 11) is 0. The van der Waals surface area contributed by atoms with E-state index in [0.29, 0.717) is 12.1 Å². The summed E-state index contributed by atoms with van der Waals surface area (Å²) in [4.78, 5) is 27.0. The Bertz CT molecular complexity index is 678. The minimum atomic E-state index is -0.838. The molecule has 0 fully saturated rings. The predicted molar refractivity (Wildman–Crippen MR) is 69.1 cm³/mol. The first kappa shape index (κ1) is 13.9. The van der Waals surface area contributed by atoms with Crippen LogP contribution in [0, 0.1) is 0 Å². The van der Waals surface area contributed by atoms with Gasteiger partial charge in [0.2, 0.25) is 0 Å². The molecule has 0 bridgehead atoms. The molecule has 2 aromatic rings. The number of fused-ring (bicyclic) bond motifs is 1. The van der Waals surface area contributed by atoms with Gasteiger partial charge >= 0.3 is 17.9 Å². The van der Waals surface area contributed by atoms with E-state index < -0.39 is 11.8 Å². The van der Waals surface area contributed by atoms with Gasteiger partial charge in [-0.1, -0.05) is 0 Å². The van der Waals surface area contributed by atoms with E-state index in [9.17, 15) is 9.59 Å². The second-order valence-corrected chi connectivity index (χ2v) is 3.66. The maximum absolute atomic E-state index is 11.8. The Morgan fingerprint density at radius 1 is 1.30 bits per heavy atom. The lowest BCUT2D eigenvalue weighted by atomic mass is 10.2. The molecule has 0 atom stereocenters. The molecule has 7 nitrogen and oxygen atoms in total. The van der Waals surface area contributed by atoms with Crippen LogP contribution in [-0.4, -0.2) is 24.4 Å². The van der Waals surface area contributed by atoms with E-state index in [0.717, 1.165) is 0 Å². The molecule has 0 unspecified atom stereocenters. The molecule has 0 saturated carbocycles. The van der Waals surface area contributed by atoms with Crippen molar-refractivity contribution in [2.24, 2.45) is 0 Å². The predicted octanol–water partition coefficient (Wildman–Crippen LogP) is 2.12. The Morgan fingerprint density at radius 3 is 2.80 bits per heavy atom. The fraction of sp³-hybridized carbons (Fsp3) is 0.308. The Hall–Kier alpha value is -2.57. The maximum Gasteiger partial charge on any atom is 0.513 e. The van der Waals surface area contributed by atoms with Gasteiger partial charge < -0.3 is 18.6 Å². The van der Waals surface area contributed by atoms with Crippen molar-refractivity contribution in [2.45, 2.75) is 13.8 Å². The average Bonchev–Trinajstić information content (AvgIpc) is 2.40. The number of hydrogen-bond acceptors (Lipinski definition) is 7. The SMILES string of the molecule is CCOC(=O)Oc1ccc2nc(OCC)oc(=O)c2c1. The van der Waals surface area contributed by atoms with E-state index in [4.69, 9.17) is 13.9 Å². The minimum Gasteiger partial charge on any atom is -0.450 e. The molecule has 0 N–H and O–H groups in total. The van der Waals surface area contributed by atoms with Crippen LogP contribution in [0.3, 0.4) is 0 Å². The fourth-order valence-electron chi connectivity index (χ4n) is 1.52. The summed E-state index contributed by atoms with van der Waals surface area (Å²) in [5.74, 6) is 0.175. The first-order valence-corrected chi connectivity index (χ1v) is 6.06. The van der Waals surface area contributed by atoms with Gasteiger partial charge in [-0.3, -0.25) is 0 Å². The van der Waals surface area contributed by atoms with Crippen LogP contribution >= 0.6 is 0 Å². The molecule has 0 radical (unpaired) electrons. The number of carbonyl (C=O) groups excluding carboxylic acids is 1. The molecule has 0 saturated heterocycles. The van der Waals surface area contributed by atoms with Crippen molar-refractivity contribution in [3.63, 3.8) is 0 Å². The highest BCUT2D eigenvalue weighted by molar-refractivity contribution is 5.79. The normalized spacial score (nSPS) is 10.3. The number of benzene rings is 1. The van der Waals surface area contributed by atoms with E-state index in [-0.39, 0.29) is 23.8 Å². The molecule has 0 aliphatic rings. The van der Waals surface area contributed by atoms with Gasteiger partial charge in [0, 0.05) is 0 Å². The van der Waals surface area contributed by atoms with Gasteiger partial charge in [-0.05, 0) is 32.0 Å². The van der Waals surface area contributed by atoms with Gasteiger partial charge in [0.05, 0.1) is 24.1 Å². The molecule has 1 aromatic heterocycles. The second kappa shape index (κ2) is 6.05. The molecule has 1 aromatic carbocycles. The second-order valence-electron chi connectivity index (χ2n) is 3.66. The largest absolute Gasteiger partial charge is 0.513 e. The third-order valence-electron chi connectivity index (χ3n) is 2.31. The molecule has 2 rings (SSSR count). The van der Waals surface area contributed by atoms with Crippen molar-refractivity contribution < 1.29 is 23.4 Å². The molecule has 106 valence electrons. The van der Waals surface area contributed by atoms with Crippen LogP contribution in [-0.2, 0) is 4.74 Å². The number of hydrogen-bond donors (Lipinski definition) is 0. The number of ether oxygens (including phenoxy) is 3. The Balaban J connectivity index is 2.35. The molecular weight excluding hydrogens is 266 g/mol. The smallest absolute Gasteiger partial charge is 0.450 e. The van der Waals surface area contributed by atoms with Crippen molar-refractivity contribution >= 4 is 17.1 Å². The standard InChI is InChI=1S/C13H13NO6/c1-3-17-12-14-10-6-5-8(19-13(16)18-4-2)7-9(10)11(15)20-12/h5-7H,3-4H2,1-2H3. The minimum absolute atomic E-state index is 0.0935. The van der Waals surface area contributed by atoms with E-state index in [1.165, 1.54) is 18.2 Å². The summed E-state index contributed by atoms with van der Waals surface area (Å²) < 4.78 is 19.5. The number of carbonyl (C=O) groups is 1. The van der Waals surface area contributed by atoms with Crippen LogP contribution < -0.4 is 15.1 Å². The summed E-state index contributed by atoms with van der Waals surface area (Å²) >= 11 is 0. The van der Waals surface area contributed by atoms with Crippen LogP contribution in [0.2, 0.25) is 0 Å². The lowest BCUT2D eigenvalue weighted by Gasteiger charge is -2.05. The molecule has 0 amide bonds. The van der Waals surface area contributed by atoms with Crippen LogP contribution in [0.4, 0.5) is 4.79 Å². The highest BCUT2D eigenvalue weighted by atomic mass is 16.7. The van der Waals surface area contributed by atoms with Crippen LogP contribution in [0.1, 0.15) is 13.8 Å². The van der Waals surface area contributed by atoms with E-state index in [1.807, 2.05) is 0 Å². The van der Waals surface area contributed by atoms with Crippen LogP contribution in [0.15, 0.2) is 27.4 Å². The third kappa shape index (κ3) is 3.05. The summed E-state index contributed by atoms with van der Waals surface area (Å²) in [5, 5.41) is 0.190. The highest BCUT2D eigenvalue weighted by Gasteiger charge is 2.10. The Kier molecular flexibility index (Phi) is 4.19. The lowest BCUT2D eigenvalue weighted by Crippen LogP contribution is -2.11. The van der Waals surface area contributed by atoms with E-state index >= 15 is 0 Å². The third-order valence-corrected chi connectivity index (χ3v) is 2.31. The molecular formula is C13H13NO6. The summed E-state index contributed by atoms with van der Waals surface area (Å²) in [6.07, 6.45) is -0.931. The zero-order chi connectivity index (χ0) is 14.5. The highest BCUT2D eigenvalue weighted by Crippen LogP contribution is 2.19. The molecule has 1 heterocycles. The van der Waals surface area contributed by atoms with E-state index in [2.05, 4.69) is 9.72 Å². The monoisotopic (exact) mass is 279 g/mol. The summed E-state index contributed by atoms with van der Waals surface area (Å²) in [6, 6.07) is 4.39. The first-order valence-electron chi connectivity index (χ1n) is 6.06. The molecule has 20 heavy (non-hydrogen) atoms. The van der Waals surface area contributed by atoms with Gasteiger partial charge in [-0.2, -0.15) is 4.98 Å². The number of rotatable bonds is 4. The number of nitrogens with zero attached hydrogens (tertiary/aromatic N) is 1. The van der Waals surface area contributed by atoms with Crippen molar-refractivity contribution in [3.8, 4) is 11.8 Å². The average molecular weight is 279 g/mol. The Morgan fingerprint density at radius 2 is 2.10 bits per heavy atom. The maximum atomic E-state index is 11.8. The zero-order valence-electron chi connectivity index (χ0n) is 11.0. The van der Waals surface area contributed by atoms with Crippen LogP contribution in [0.5, 0.6) is 11.8 Å².